The summed E-state index contributed by atoms with van der Waals surface area (Å²) in [5.41, 5.74) is 4.04. The van der Waals surface area contributed by atoms with Crippen molar-refractivity contribution in [2.24, 2.45) is 0 Å². The van der Waals surface area contributed by atoms with Crippen LogP contribution in [-0.2, 0) is 5.88 Å². The number of nitrogen functional groups attached to an aromatic ring is 1. The van der Waals surface area contributed by atoms with Gasteiger partial charge in [-0.2, -0.15) is 0 Å². The summed E-state index contributed by atoms with van der Waals surface area (Å²) in [5, 5.41) is 8.70. The number of rotatable bonds is 3. The van der Waals surface area contributed by atoms with Crippen LogP contribution in [0.1, 0.15) is 28.0 Å². The van der Waals surface area contributed by atoms with Crippen LogP contribution in [0.15, 0.2) is 6.07 Å². The summed E-state index contributed by atoms with van der Waals surface area (Å²) >= 11 is 5.41. The summed E-state index contributed by atoms with van der Waals surface area (Å²) in [6, 6.07) is 0.993. The third-order valence-electron chi connectivity index (χ3n) is 1.73. The zero-order valence-electron chi connectivity index (χ0n) is 7.38. The fourth-order valence-electron chi connectivity index (χ4n) is 1.10. The summed E-state index contributed by atoms with van der Waals surface area (Å²) in [6.07, 6.45) is -2.98. The zero-order chi connectivity index (χ0) is 11.6. The maximum absolute atomic E-state index is 12.5. The van der Waals surface area contributed by atoms with E-state index in [1.807, 2.05) is 0 Å². The number of nitrogens with two attached hydrogens (primary N) is 1. The van der Waals surface area contributed by atoms with E-state index in [4.69, 9.17) is 22.4 Å². The molecular weight excluding hydrogens is 230 g/mol. The Bertz CT molecular complexity index is 398. The number of carboxylic acid groups (broad SMARTS) is 1. The number of nitrogens with zero attached hydrogens (tertiary/aromatic N) is 1. The highest BCUT2D eigenvalue weighted by atomic mass is 35.5. The van der Waals surface area contributed by atoms with Crippen LogP contribution in [0.4, 0.5) is 14.6 Å². The van der Waals surface area contributed by atoms with E-state index >= 15 is 0 Å². The Kier molecular flexibility index (Phi) is 3.41. The highest BCUT2D eigenvalue weighted by Crippen LogP contribution is 2.28. The van der Waals surface area contributed by atoms with Gasteiger partial charge in [-0.15, -0.1) is 11.6 Å². The number of halogens is 3. The van der Waals surface area contributed by atoms with Gasteiger partial charge >= 0.3 is 5.97 Å². The van der Waals surface area contributed by atoms with E-state index in [0.29, 0.717) is 0 Å². The molecule has 0 radical (unpaired) electrons. The first-order valence-electron chi connectivity index (χ1n) is 3.84. The molecule has 0 saturated carbocycles. The number of aromatic nitrogens is 1. The predicted octanol–water partition coefficient (Wildman–Crippen LogP) is 2.04. The molecule has 0 aliphatic rings. The van der Waals surface area contributed by atoms with Gasteiger partial charge in [0, 0.05) is 0 Å². The molecule has 7 heteroatoms. The minimum Gasteiger partial charge on any atom is -0.478 e. The lowest BCUT2D eigenvalue weighted by Crippen LogP contribution is -2.10. The van der Waals surface area contributed by atoms with E-state index in [1.54, 1.807) is 0 Å². The molecule has 0 aliphatic heterocycles. The first kappa shape index (κ1) is 11.6. The van der Waals surface area contributed by atoms with Gasteiger partial charge in [0.25, 0.3) is 6.43 Å². The third-order valence-corrected chi connectivity index (χ3v) is 2.00. The molecule has 82 valence electrons. The summed E-state index contributed by atoms with van der Waals surface area (Å²) in [6.45, 7) is 0. The molecule has 0 fully saturated rings. The molecule has 1 rings (SSSR count). The Morgan fingerprint density at radius 1 is 1.67 bits per heavy atom. The molecule has 15 heavy (non-hydrogen) atoms. The maximum Gasteiger partial charge on any atom is 0.336 e. The van der Waals surface area contributed by atoms with Gasteiger partial charge < -0.3 is 10.8 Å². The second-order valence-corrected chi connectivity index (χ2v) is 2.97. The highest BCUT2D eigenvalue weighted by molar-refractivity contribution is 6.17. The summed E-state index contributed by atoms with van der Waals surface area (Å²) < 4.78 is 24.9. The Labute approximate surface area is 88.7 Å². The van der Waals surface area contributed by atoms with Gasteiger partial charge in [-0.3, -0.25) is 0 Å². The number of pyridine rings is 1. The van der Waals surface area contributed by atoms with Crippen molar-refractivity contribution in [3.8, 4) is 0 Å². The van der Waals surface area contributed by atoms with Crippen LogP contribution in [0.2, 0.25) is 0 Å². The number of anilines is 1. The SMILES string of the molecule is Nc1nc(CCl)cc(C(=O)O)c1C(F)F. The van der Waals surface area contributed by atoms with Crippen LogP contribution in [0.5, 0.6) is 0 Å². The number of hydrogen-bond acceptors (Lipinski definition) is 3. The van der Waals surface area contributed by atoms with Crippen molar-refractivity contribution >= 4 is 23.4 Å². The number of hydrogen-bond donors (Lipinski definition) is 2. The average molecular weight is 237 g/mol. The van der Waals surface area contributed by atoms with Crippen molar-refractivity contribution in [1.82, 2.24) is 4.98 Å². The lowest BCUT2D eigenvalue weighted by atomic mass is 10.1. The average Bonchev–Trinajstić information content (AvgIpc) is 2.15. The van der Waals surface area contributed by atoms with E-state index in [2.05, 4.69) is 4.98 Å². The van der Waals surface area contributed by atoms with Gasteiger partial charge in [0.05, 0.1) is 22.7 Å². The van der Waals surface area contributed by atoms with Crippen molar-refractivity contribution < 1.29 is 18.7 Å². The van der Waals surface area contributed by atoms with E-state index in [9.17, 15) is 13.6 Å². The normalized spacial score (nSPS) is 10.7. The molecule has 1 aromatic heterocycles. The van der Waals surface area contributed by atoms with Crippen molar-refractivity contribution in [3.05, 3.63) is 22.9 Å². The lowest BCUT2D eigenvalue weighted by molar-refractivity contribution is 0.0684. The smallest absolute Gasteiger partial charge is 0.336 e. The zero-order valence-corrected chi connectivity index (χ0v) is 8.13. The van der Waals surface area contributed by atoms with Crippen molar-refractivity contribution in [3.63, 3.8) is 0 Å². The van der Waals surface area contributed by atoms with E-state index in [-0.39, 0.29) is 11.6 Å². The molecule has 1 heterocycles. The van der Waals surface area contributed by atoms with Gasteiger partial charge in [0.1, 0.15) is 5.82 Å². The molecule has 0 unspecified atom stereocenters. The third kappa shape index (κ3) is 2.33. The summed E-state index contributed by atoms with van der Waals surface area (Å²) in [4.78, 5) is 14.2. The topological polar surface area (TPSA) is 76.2 Å². The molecule has 0 atom stereocenters. The Balaban J connectivity index is 3.42. The second kappa shape index (κ2) is 4.39. The Hall–Kier alpha value is -1.43. The van der Waals surface area contributed by atoms with Crippen LogP contribution < -0.4 is 5.73 Å². The van der Waals surface area contributed by atoms with E-state index in [0.717, 1.165) is 6.07 Å². The molecule has 0 aromatic carbocycles. The quantitative estimate of drug-likeness (QED) is 0.788. The Morgan fingerprint density at radius 2 is 2.27 bits per heavy atom. The van der Waals surface area contributed by atoms with Gasteiger partial charge in [0.2, 0.25) is 0 Å². The van der Waals surface area contributed by atoms with Crippen LogP contribution in [0.25, 0.3) is 0 Å². The first-order valence-corrected chi connectivity index (χ1v) is 4.37. The lowest BCUT2D eigenvalue weighted by Gasteiger charge is -2.09. The van der Waals surface area contributed by atoms with Crippen molar-refractivity contribution in [1.29, 1.82) is 0 Å². The van der Waals surface area contributed by atoms with Gasteiger partial charge in [-0.25, -0.2) is 18.6 Å². The Morgan fingerprint density at radius 3 is 2.67 bits per heavy atom. The molecule has 0 aliphatic carbocycles. The monoisotopic (exact) mass is 236 g/mol. The maximum atomic E-state index is 12.5. The van der Waals surface area contributed by atoms with Crippen molar-refractivity contribution in [2.75, 3.05) is 5.73 Å². The van der Waals surface area contributed by atoms with Gasteiger partial charge in [-0.1, -0.05) is 0 Å². The summed E-state index contributed by atoms with van der Waals surface area (Å²) in [5.74, 6) is -2.07. The molecule has 1 aromatic rings. The number of carboxylic acids is 1. The number of alkyl halides is 3. The molecule has 0 saturated heterocycles. The minimum atomic E-state index is -2.98. The largest absolute Gasteiger partial charge is 0.478 e. The molecule has 0 amide bonds. The molecule has 0 spiro atoms. The number of aromatic carboxylic acids is 1. The minimum absolute atomic E-state index is 0.0893. The van der Waals surface area contributed by atoms with E-state index < -0.39 is 29.3 Å². The van der Waals surface area contributed by atoms with Gasteiger partial charge in [-0.05, 0) is 6.07 Å². The fourth-order valence-corrected chi connectivity index (χ4v) is 1.24. The second-order valence-electron chi connectivity index (χ2n) is 2.70. The number of carbonyl (C=O) groups is 1. The molecule has 3 N–H and O–H groups in total. The molecule has 4 nitrogen and oxygen atoms in total. The molecular formula is C8H7ClF2N2O2. The standard InChI is InChI=1S/C8H7ClF2N2O2/c9-2-3-1-4(8(14)15)5(6(10)11)7(12)13-3/h1,6H,2H2,(H2,12,13)(H,14,15). The first-order chi connectivity index (χ1) is 6.97. The van der Waals surface area contributed by atoms with Crippen LogP contribution in [-0.4, -0.2) is 16.1 Å². The highest BCUT2D eigenvalue weighted by Gasteiger charge is 2.22. The van der Waals surface area contributed by atoms with E-state index in [1.165, 1.54) is 0 Å². The van der Waals surface area contributed by atoms with Crippen LogP contribution >= 0.6 is 11.6 Å². The molecule has 0 bridgehead atoms. The fraction of sp³-hybridized carbons (Fsp3) is 0.250. The predicted molar refractivity (Wildman–Crippen MR) is 50.1 cm³/mol. The van der Waals surface area contributed by atoms with Gasteiger partial charge in [0.15, 0.2) is 0 Å². The van der Waals surface area contributed by atoms with Crippen LogP contribution in [0.3, 0.4) is 0 Å². The summed E-state index contributed by atoms with van der Waals surface area (Å²) in [7, 11) is 0. The van der Waals surface area contributed by atoms with Crippen LogP contribution in [0, 0.1) is 0 Å². The van der Waals surface area contributed by atoms with Crippen molar-refractivity contribution in [2.45, 2.75) is 12.3 Å².